The highest BCUT2D eigenvalue weighted by molar-refractivity contribution is 6.09. The van der Waals surface area contributed by atoms with Crippen LogP contribution in [0.25, 0.3) is 28.6 Å². The molecule has 0 fully saturated rings. The summed E-state index contributed by atoms with van der Waals surface area (Å²) in [4.78, 5) is 43.5. The van der Waals surface area contributed by atoms with E-state index >= 15 is 0 Å². The van der Waals surface area contributed by atoms with Crippen molar-refractivity contribution < 1.29 is 18.9 Å². The van der Waals surface area contributed by atoms with Crippen LogP contribution in [-0.2, 0) is 4.74 Å². The second-order valence-corrected chi connectivity index (χ2v) is 9.74. The largest absolute Gasteiger partial charge is 0.471 e. The Kier molecular flexibility index (Phi) is 7.83. The van der Waals surface area contributed by atoms with Gasteiger partial charge in [-0.1, -0.05) is 66.7 Å². The van der Waals surface area contributed by atoms with Crippen LogP contribution in [0.1, 0.15) is 27.7 Å². The fourth-order valence-corrected chi connectivity index (χ4v) is 4.58. The Labute approximate surface area is 250 Å². The lowest BCUT2D eigenvalue weighted by molar-refractivity contribution is -0.384. The molecule has 9 nitrogen and oxygen atoms in total. The number of carbonyl (C=O) groups excluding carboxylic acids is 1. The number of benzene rings is 5. The van der Waals surface area contributed by atoms with Crippen molar-refractivity contribution in [1.29, 1.82) is 0 Å². The van der Waals surface area contributed by atoms with E-state index in [0.29, 0.717) is 27.6 Å². The van der Waals surface area contributed by atoms with Gasteiger partial charge in [-0.3, -0.25) is 14.9 Å². The topological polar surface area (TPSA) is 125 Å². The monoisotopic (exact) mass is 581 g/mol. The van der Waals surface area contributed by atoms with Crippen molar-refractivity contribution in [1.82, 2.24) is 4.98 Å². The maximum Gasteiger partial charge on any atom is 0.347 e. The maximum absolute atomic E-state index is 12.4. The molecule has 1 atom stereocenters. The van der Waals surface area contributed by atoms with E-state index in [1.165, 1.54) is 12.1 Å². The summed E-state index contributed by atoms with van der Waals surface area (Å²) in [5.74, 6) is 0.183. The first-order valence-electron chi connectivity index (χ1n) is 13.6. The quantitative estimate of drug-likeness (QED) is 0.144. The first kappa shape index (κ1) is 27.9. The molecule has 2 heterocycles. The van der Waals surface area contributed by atoms with Crippen LogP contribution >= 0.6 is 0 Å². The fraction of sp³-hybridized carbons (Fsp3) is 0.0286. The van der Waals surface area contributed by atoms with Gasteiger partial charge in [-0.2, -0.15) is 0 Å². The lowest BCUT2D eigenvalue weighted by atomic mass is 10.0. The van der Waals surface area contributed by atoms with Gasteiger partial charge in [0.05, 0.1) is 27.4 Å². The Morgan fingerprint density at radius 2 is 1.41 bits per heavy atom. The van der Waals surface area contributed by atoms with Crippen molar-refractivity contribution in [3.63, 3.8) is 0 Å². The lowest BCUT2D eigenvalue weighted by Gasteiger charge is -2.15. The van der Waals surface area contributed by atoms with Crippen LogP contribution in [-0.4, -0.2) is 15.7 Å². The van der Waals surface area contributed by atoms with E-state index < -0.39 is 16.8 Å². The molecule has 1 aromatic heterocycles. The molecule has 0 aliphatic carbocycles. The van der Waals surface area contributed by atoms with Gasteiger partial charge in [0.15, 0.2) is 5.78 Å². The molecule has 0 bridgehead atoms. The molecular weight excluding hydrogens is 558 g/mol. The number of nitro benzene ring substituents is 1. The number of fused-ring (bicyclic) bond motifs is 2. The third-order valence-electron chi connectivity index (χ3n) is 6.87. The standard InChI is InChI=1S/C21H13NO3.C14H10N2O3/c23-19(14-6-2-1-3-7-14)15-10-12-16(13-11-15)20-22-18-9-5-4-8-17(18)21(24)25-20;17-16(18)12-7-5-10(6-8-12)14-15-13-4-2-1-3-11(13)9-19-14/h1-13H;1-9,14H. The molecule has 0 radical (unpaired) electrons. The maximum atomic E-state index is 12.4. The number of hydrogen-bond acceptors (Lipinski definition) is 8. The van der Waals surface area contributed by atoms with E-state index in [2.05, 4.69) is 9.98 Å². The molecule has 0 saturated carbocycles. The Morgan fingerprint density at radius 3 is 2.16 bits per heavy atom. The summed E-state index contributed by atoms with van der Waals surface area (Å²) in [5, 5.41) is 12.8. The molecule has 214 valence electrons. The second kappa shape index (κ2) is 12.3. The van der Waals surface area contributed by atoms with Gasteiger partial charge >= 0.3 is 5.63 Å². The van der Waals surface area contributed by atoms with Crippen molar-refractivity contribution in [2.24, 2.45) is 4.99 Å². The molecular formula is C35H23N3O6. The van der Waals surface area contributed by atoms with E-state index in [1.807, 2.05) is 48.5 Å². The first-order chi connectivity index (χ1) is 21.5. The third kappa shape index (κ3) is 6.02. The number of nitrogens with zero attached hydrogens (tertiary/aromatic N) is 3. The minimum atomic E-state index is -0.448. The van der Waals surface area contributed by atoms with Gasteiger partial charge in [0, 0.05) is 39.6 Å². The number of nitro groups is 1. The highest BCUT2D eigenvalue weighted by Gasteiger charge is 2.14. The smallest absolute Gasteiger partial charge is 0.347 e. The minimum Gasteiger partial charge on any atom is -0.471 e. The molecule has 0 spiro atoms. The Morgan fingerprint density at radius 1 is 0.750 bits per heavy atom. The van der Waals surface area contributed by atoms with Crippen LogP contribution in [0.4, 0.5) is 5.69 Å². The van der Waals surface area contributed by atoms with E-state index in [1.54, 1.807) is 73.0 Å². The molecule has 1 aliphatic rings. The molecule has 44 heavy (non-hydrogen) atoms. The minimum absolute atomic E-state index is 0.0555. The molecule has 6 aromatic rings. The third-order valence-corrected chi connectivity index (χ3v) is 6.87. The van der Waals surface area contributed by atoms with Crippen molar-refractivity contribution in [3.05, 3.63) is 175 Å². The predicted octanol–water partition coefficient (Wildman–Crippen LogP) is 5.77. The summed E-state index contributed by atoms with van der Waals surface area (Å²) in [5.41, 5.74) is 2.85. The number of non-ortho nitro benzene ring substituents is 1. The van der Waals surface area contributed by atoms with Gasteiger partial charge in [0.2, 0.25) is 12.1 Å². The first-order valence-corrected chi connectivity index (χ1v) is 13.6. The molecule has 7 rings (SSSR count). The molecule has 1 aliphatic heterocycles. The van der Waals surface area contributed by atoms with Gasteiger partial charge in [0.1, 0.15) is 0 Å². The van der Waals surface area contributed by atoms with E-state index in [4.69, 9.17) is 9.15 Å². The van der Waals surface area contributed by atoms with Gasteiger partial charge in [-0.05, 0) is 48.5 Å². The number of para-hydroxylation sites is 2. The Balaban J connectivity index is 0.000000162. The normalized spacial score (nSPS) is 13.2. The van der Waals surface area contributed by atoms with Crippen LogP contribution in [0.2, 0.25) is 0 Å². The van der Waals surface area contributed by atoms with E-state index in [-0.39, 0.29) is 17.4 Å². The van der Waals surface area contributed by atoms with Crippen LogP contribution < -0.4 is 16.2 Å². The Hall–Kier alpha value is -6.22. The van der Waals surface area contributed by atoms with Gasteiger partial charge in [-0.15, -0.1) is 0 Å². The highest BCUT2D eigenvalue weighted by Crippen LogP contribution is 2.23. The molecule has 5 aromatic carbocycles. The van der Waals surface area contributed by atoms with Gasteiger partial charge in [-0.25, -0.2) is 14.8 Å². The summed E-state index contributed by atoms with van der Waals surface area (Å²) in [7, 11) is 0. The van der Waals surface area contributed by atoms with Crippen molar-refractivity contribution >= 4 is 28.6 Å². The summed E-state index contributed by atoms with van der Waals surface area (Å²) < 4.78 is 10.8. The summed E-state index contributed by atoms with van der Waals surface area (Å²) in [6.45, 7) is 0. The molecule has 0 saturated heterocycles. The number of rotatable bonds is 5. The Bertz CT molecular complexity index is 2160. The zero-order valence-corrected chi connectivity index (χ0v) is 23.1. The van der Waals surface area contributed by atoms with Crippen LogP contribution in [0, 0.1) is 10.1 Å². The van der Waals surface area contributed by atoms with Crippen molar-refractivity contribution in [3.8, 4) is 11.5 Å². The number of ether oxygens (including phenoxy) is 1. The lowest BCUT2D eigenvalue weighted by Crippen LogP contribution is -2.29. The zero-order valence-electron chi connectivity index (χ0n) is 23.1. The van der Waals surface area contributed by atoms with Crippen LogP contribution in [0.3, 0.4) is 0 Å². The predicted molar refractivity (Wildman–Crippen MR) is 164 cm³/mol. The van der Waals surface area contributed by atoms with Crippen molar-refractivity contribution in [2.45, 2.75) is 6.23 Å². The fourth-order valence-electron chi connectivity index (χ4n) is 4.58. The number of carbonyl (C=O) groups is 1. The second-order valence-electron chi connectivity index (χ2n) is 9.74. The number of aromatic nitrogens is 1. The molecule has 9 heteroatoms. The zero-order chi connectivity index (χ0) is 30.5. The molecule has 0 amide bonds. The molecule has 0 N–H and O–H groups in total. The average Bonchev–Trinajstić information content (AvgIpc) is 3.08. The van der Waals surface area contributed by atoms with Gasteiger partial charge < -0.3 is 9.15 Å². The number of hydrogen-bond donors (Lipinski definition) is 0. The highest BCUT2D eigenvalue weighted by atomic mass is 16.6. The van der Waals surface area contributed by atoms with Crippen LogP contribution in [0.15, 0.2) is 142 Å². The molecule has 1 unspecified atom stereocenters. The summed E-state index contributed by atoms with van der Waals surface area (Å²) in [6, 6.07) is 36.9. The summed E-state index contributed by atoms with van der Waals surface area (Å²) in [6.07, 6.45) is 1.21. The SMILES string of the molecule is O=C(c1ccccc1)c1ccc(-c2nc3ccccc3c(=O)o2)cc1.O=[N+]([O-])c1ccc(C2N=c3ccccc3=CO2)cc1. The number of ketones is 1. The van der Waals surface area contributed by atoms with E-state index in [9.17, 15) is 19.7 Å². The van der Waals surface area contributed by atoms with E-state index in [0.717, 1.165) is 16.1 Å². The summed E-state index contributed by atoms with van der Waals surface area (Å²) >= 11 is 0. The van der Waals surface area contributed by atoms with Gasteiger partial charge in [0.25, 0.3) is 5.69 Å². The van der Waals surface area contributed by atoms with Crippen molar-refractivity contribution in [2.75, 3.05) is 0 Å². The van der Waals surface area contributed by atoms with Crippen LogP contribution in [0.5, 0.6) is 0 Å². The average molecular weight is 582 g/mol.